The smallest absolute Gasteiger partial charge is 0.262 e. The van der Waals surface area contributed by atoms with Crippen LogP contribution in [-0.2, 0) is 22.7 Å². The summed E-state index contributed by atoms with van der Waals surface area (Å²) in [6, 6.07) is 10.7. The number of hydrogen-bond acceptors (Lipinski definition) is 10. The molecule has 0 spiro atoms. The van der Waals surface area contributed by atoms with Crippen LogP contribution in [-0.4, -0.2) is 50.9 Å². The summed E-state index contributed by atoms with van der Waals surface area (Å²) in [7, 11) is 0. The van der Waals surface area contributed by atoms with Gasteiger partial charge in [0.1, 0.15) is 0 Å². The van der Waals surface area contributed by atoms with Crippen LogP contribution in [0.2, 0.25) is 0 Å². The minimum Gasteiger partial charge on any atom is -0.454 e. The fourth-order valence-corrected chi connectivity index (χ4v) is 5.59. The highest BCUT2D eigenvalue weighted by atomic mass is 32.2. The molecule has 0 saturated heterocycles. The predicted octanol–water partition coefficient (Wildman–Crippen LogP) is 3.49. The molecule has 2 aromatic carbocycles. The second-order valence-electron chi connectivity index (χ2n) is 10.1. The van der Waals surface area contributed by atoms with Crippen LogP contribution < -0.4 is 35.1 Å². The number of benzene rings is 2. The summed E-state index contributed by atoms with van der Waals surface area (Å²) in [4.78, 5) is 43.3. The van der Waals surface area contributed by atoms with E-state index in [2.05, 4.69) is 20.8 Å². The number of aryl methyl sites for hydroxylation is 1. The van der Waals surface area contributed by atoms with Crippen molar-refractivity contribution >= 4 is 40.3 Å². The fourth-order valence-electron chi connectivity index (χ4n) is 4.76. The van der Waals surface area contributed by atoms with Crippen LogP contribution in [0.15, 0.2) is 46.3 Å². The quantitative estimate of drug-likeness (QED) is 0.124. The molecule has 0 aliphatic carbocycles. The largest absolute Gasteiger partial charge is 0.454 e. The summed E-state index contributed by atoms with van der Waals surface area (Å²) in [6.07, 6.45) is 2.41. The predicted molar refractivity (Wildman–Crippen MR) is 158 cm³/mol. The van der Waals surface area contributed by atoms with Crippen LogP contribution >= 0.6 is 11.8 Å². The van der Waals surface area contributed by atoms with Gasteiger partial charge in [0.2, 0.25) is 25.4 Å². The minimum atomic E-state index is -0.269. The molecule has 2 aliphatic rings. The number of ether oxygens (including phenoxy) is 4. The van der Waals surface area contributed by atoms with E-state index in [1.807, 2.05) is 25.1 Å². The van der Waals surface area contributed by atoms with Crippen molar-refractivity contribution in [1.82, 2.24) is 25.1 Å². The summed E-state index contributed by atoms with van der Waals surface area (Å²) in [5, 5.41) is 13.3. The molecule has 43 heavy (non-hydrogen) atoms. The molecule has 0 fully saturated rings. The second-order valence-corrected chi connectivity index (χ2v) is 11.1. The van der Waals surface area contributed by atoms with E-state index < -0.39 is 0 Å². The van der Waals surface area contributed by atoms with Crippen LogP contribution in [0, 0.1) is 6.92 Å². The van der Waals surface area contributed by atoms with Crippen LogP contribution in [0.5, 0.6) is 23.0 Å². The van der Waals surface area contributed by atoms with Crippen molar-refractivity contribution in [2.24, 2.45) is 0 Å². The average Bonchev–Trinajstić information content (AvgIpc) is 3.75. The lowest BCUT2D eigenvalue weighted by Gasteiger charge is -2.13. The van der Waals surface area contributed by atoms with Crippen molar-refractivity contribution in [3.63, 3.8) is 0 Å². The zero-order valence-electron chi connectivity index (χ0n) is 23.4. The number of nitrogens with one attached hydrogen (secondary N) is 3. The van der Waals surface area contributed by atoms with Gasteiger partial charge in [-0.2, -0.15) is 5.10 Å². The maximum Gasteiger partial charge on any atom is 0.262 e. The van der Waals surface area contributed by atoms with Crippen molar-refractivity contribution in [3.8, 4) is 23.0 Å². The lowest BCUT2D eigenvalue weighted by Crippen LogP contribution is -2.25. The molecule has 0 unspecified atom stereocenters. The van der Waals surface area contributed by atoms with E-state index >= 15 is 0 Å². The summed E-state index contributed by atoms with van der Waals surface area (Å²) < 4.78 is 23.2. The molecule has 0 atom stereocenters. The Bertz CT molecular complexity index is 1740. The van der Waals surface area contributed by atoms with Gasteiger partial charge >= 0.3 is 0 Å². The molecule has 4 heterocycles. The molecule has 2 amide bonds. The Morgan fingerprint density at radius 2 is 1.72 bits per heavy atom. The second kappa shape index (κ2) is 12.7. The highest BCUT2D eigenvalue weighted by Gasteiger charge is 2.20. The number of rotatable bonds is 12. The van der Waals surface area contributed by atoms with E-state index in [0.717, 1.165) is 17.7 Å². The molecule has 3 N–H and O–H groups in total. The maximum atomic E-state index is 13.6. The monoisotopic (exact) mass is 606 g/mol. The average molecular weight is 607 g/mol. The van der Waals surface area contributed by atoms with E-state index in [-0.39, 0.29) is 36.7 Å². The molecule has 6 rings (SSSR count). The molecule has 0 saturated carbocycles. The van der Waals surface area contributed by atoms with E-state index in [4.69, 9.17) is 23.9 Å². The first-order valence-corrected chi connectivity index (χ1v) is 14.9. The number of aromatic amines is 1. The number of amides is 2. The van der Waals surface area contributed by atoms with Gasteiger partial charge in [-0.3, -0.25) is 24.0 Å². The van der Waals surface area contributed by atoms with Crippen LogP contribution in [0.1, 0.15) is 36.9 Å². The van der Waals surface area contributed by atoms with E-state index in [9.17, 15) is 14.4 Å². The molecule has 2 aliphatic heterocycles. The normalized spacial score (nSPS) is 13.0. The minimum absolute atomic E-state index is 0.0396. The summed E-state index contributed by atoms with van der Waals surface area (Å²) in [6.45, 7) is 2.92. The zero-order chi connectivity index (χ0) is 29.8. The van der Waals surface area contributed by atoms with E-state index in [1.54, 1.807) is 22.8 Å². The Hall–Kier alpha value is -4.72. The van der Waals surface area contributed by atoms with Crippen molar-refractivity contribution in [1.29, 1.82) is 0 Å². The standard InChI is InChI=1S/C29H30N6O7S/c1-17-9-25(34-33-17)32-27(37)14-43-29-31-20-12-24-23(41-16-42-24)11-19(20)28(38)35(29)8-4-2-3-5-26(36)30-13-18-6-7-21-22(10-18)40-15-39-21/h6-7,9-12H,2-5,8,13-16H2,1H3,(H,30,36)(H2,32,33,34,37). The number of aromatic nitrogens is 4. The molecular weight excluding hydrogens is 576 g/mol. The van der Waals surface area contributed by atoms with E-state index in [1.165, 1.54) is 11.8 Å². The lowest BCUT2D eigenvalue weighted by molar-refractivity contribution is -0.121. The molecule has 14 heteroatoms. The Labute approximate surface area is 250 Å². The lowest BCUT2D eigenvalue weighted by atomic mass is 10.1. The van der Waals surface area contributed by atoms with Crippen molar-refractivity contribution in [2.75, 3.05) is 24.7 Å². The van der Waals surface area contributed by atoms with Gasteiger partial charge in [-0.25, -0.2) is 4.98 Å². The zero-order valence-corrected chi connectivity index (χ0v) is 24.3. The number of thioether (sulfide) groups is 1. The summed E-state index contributed by atoms with van der Waals surface area (Å²) >= 11 is 1.17. The van der Waals surface area contributed by atoms with Gasteiger partial charge in [0, 0.05) is 37.3 Å². The van der Waals surface area contributed by atoms with Crippen molar-refractivity contribution in [2.45, 2.75) is 50.9 Å². The number of H-pyrrole nitrogens is 1. The fraction of sp³-hybridized carbons (Fsp3) is 0.345. The van der Waals surface area contributed by atoms with Crippen LogP contribution in [0.4, 0.5) is 5.82 Å². The number of carbonyl (C=O) groups excluding carboxylic acids is 2. The SMILES string of the molecule is Cc1cc(NC(=O)CSc2nc3cc4c(cc3c(=O)n2CCCCCC(=O)NCc2ccc3c(c2)OCO3)OCO4)n[nH]1. The third kappa shape index (κ3) is 6.69. The number of fused-ring (bicyclic) bond motifs is 3. The number of hydrogen-bond donors (Lipinski definition) is 3. The summed E-state index contributed by atoms with van der Waals surface area (Å²) in [5.74, 6) is 2.56. The highest BCUT2D eigenvalue weighted by Crippen LogP contribution is 2.35. The Balaban J connectivity index is 1.06. The molecule has 0 radical (unpaired) electrons. The Morgan fingerprint density at radius 1 is 0.953 bits per heavy atom. The molecule has 4 aromatic rings. The molecule has 13 nitrogen and oxygen atoms in total. The number of anilines is 1. The van der Waals surface area contributed by atoms with Gasteiger partial charge in [-0.1, -0.05) is 24.2 Å². The number of nitrogens with zero attached hydrogens (tertiary/aromatic N) is 3. The third-order valence-electron chi connectivity index (χ3n) is 6.93. The van der Waals surface area contributed by atoms with Crippen molar-refractivity contribution in [3.05, 3.63) is 58.0 Å². The van der Waals surface area contributed by atoms with Crippen LogP contribution in [0.25, 0.3) is 10.9 Å². The van der Waals surface area contributed by atoms with Gasteiger partial charge in [-0.05, 0) is 43.5 Å². The first kappa shape index (κ1) is 28.4. The van der Waals surface area contributed by atoms with Gasteiger partial charge in [0.25, 0.3) is 5.56 Å². The highest BCUT2D eigenvalue weighted by molar-refractivity contribution is 7.99. The number of unbranched alkanes of at least 4 members (excludes halogenated alkanes) is 2. The molecular formula is C29H30N6O7S. The first-order chi connectivity index (χ1) is 20.9. The van der Waals surface area contributed by atoms with Gasteiger partial charge < -0.3 is 29.6 Å². The van der Waals surface area contributed by atoms with E-state index in [0.29, 0.717) is 77.2 Å². The Kier molecular flexibility index (Phi) is 8.36. The van der Waals surface area contributed by atoms with Gasteiger partial charge in [-0.15, -0.1) is 0 Å². The Morgan fingerprint density at radius 3 is 2.51 bits per heavy atom. The summed E-state index contributed by atoms with van der Waals surface area (Å²) in [5.41, 5.74) is 2.00. The van der Waals surface area contributed by atoms with Gasteiger partial charge in [0.15, 0.2) is 34.0 Å². The van der Waals surface area contributed by atoms with Crippen LogP contribution in [0.3, 0.4) is 0 Å². The number of carbonyl (C=O) groups is 2. The maximum absolute atomic E-state index is 13.6. The molecule has 2 aromatic heterocycles. The third-order valence-corrected chi connectivity index (χ3v) is 7.91. The van der Waals surface area contributed by atoms with Crippen molar-refractivity contribution < 1.29 is 28.5 Å². The molecule has 224 valence electrons. The first-order valence-electron chi connectivity index (χ1n) is 13.9. The molecule has 0 bridgehead atoms. The van der Waals surface area contributed by atoms with Gasteiger partial charge in [0.05, 0.1) is 16.7 Å². The topological polar surface area (TPSA) is 159 Å².